The van der Waals surface area contributed by atoms with Crippen molar-refractivity contribution in [2.45, 2.75) is 20.0 Å². The summed E-state index contributed by atoms with van der Waals surface area (Å²) in [6.07, 6.45) is 1.76. The third-order valence-corrected chi connectivity index (χ3v) is 6.54. The molecular formula is C27H28FN5O2. The number of hydrogen-bond donors (Lipinski definition) is 0. The number of piperazine rings is 1. The molecule has 8 heteroatoms. The summed E-state index contributed by atoms with van der Waals surface area (Å²) >= 11 is 0. The molecule has 1 saturated heterocycles. The van der Waals surface area contributed by atoms with Crippen molar-refractivity contribution in [1.29, 1.82) is 0 Å². The van der Waals surface area contributed by atoms with Gasteiger partial charge in [0.15, 0.2) is 5.65 Å². The van der Waals surface area contributed by atoms with Gasteiger partial charge in [-0.05, 0) is 53.9 Å². The maximum atomic E-state index is 13.1. The van der Waals surface area contributed by atoms with E-state index in [0.29, 0.717) is 18.7 Å². The fourth-order valence-electron chi connectivity index (χ4n) is 4.63. The molecule has 1 fully saturated rings. The molecule has 0 atom stereocenters. The molecule has 0 bridgehead atoms. The molecule has 2 aromatic carbocycles. The van der Waals surface area contributed by atoms with Crippen LogP contribution in [0.1, 0.15) is 11.3 Å². The van der Waals surface area contributed by atoms with Crippen molar-refractivity contribution in [2.75, 3.05) is 33.3 Å². The molecule has 5 rings (SSSR count). The number of halogens is 1. The van der Waals surface area contributed by atoms with Gasteiger partial charge in [0, 0.05) is 44.3 Å². The first-order valence-electron chi connectivity index (χ1n) is 11.7. The Morgan fingerprint density at radius 1 is 1.00 bits per heavy atom. The molecule has 0 spiro atoms. The van der Waals surface area contributed by atoms with Crippen LogP contribution < -0.4 is 4.74 Å². The smallest absolute Gasteiger partial charge is 0.244 e. The van der Waals surface area contributed by atoms with Gasteiger partial charge in [-0.3, -0.25) is 9.69 Å². The first-order valence-corrected chi connectivity index (χ1v) is 11.7. The summed E-state index contributed by atoms with van der Waals surface area (Å²) in [5.74, 6) is 0.610. The van der Waals surface area contributed by atoms with Crippen LogP contribution >= 0.6 is 0 Å². The summed E-state index contributed by atoms with van der Waals surface area (Å²) in [7, 11) is 1.65. The molecule has 4 aromatic rings. The molecule has 180 valence electrons. The summed E-state index contributed by atoms with van der Waals surface area (Å²) in [6, 6.07) is 16.5. The van der Waals surface area contributed by atoms with Gasteiger partial charge in [0.05, 0.1) is 12.8 Å². The van der Waals surface area contributed by atoms with Crippen LogP contribution in [0, 0.1) is 12.7 Å². The van der Waals surface area contributed by atoms with Crippen LogP contribution in [-0.4, -0.2) is 63.8 Å². The Hall–Kier alpha value is -3.78. The second kappa shape index (κ2) is 9.84. The van der Waals surface area contributed by atoms with E-state index >= 15 is 0 Å². The van der Waals surface area contributed by atoms with E-state index < -0.39 is 0 Å². The Bertz CT molecular complexity index is 1330. The Balaban J connectivity index is 1.27. The molecular weight excluding hydrogens is 445 g/mol. The zero-order chi connectivity index (χ0) is 24.4. The van der Waals surface area contributed by atoms with E-state index in [-0.39, 0.29) is 18.3 Å². The van der Waals surface area contributed by atoms with Gasteiger partial charge in [-0.25, -0.2) is 14.1 Å². The highest BCUT2D eigenvalue weighted by atomic mass is 19.1. The number of aromatic nitrogens is 3. The average molecular weight is 474 g/mol. The number of nitrogens with zero attached hydrogens (tertiary/aromatic N) is 5. The minimum Gasteiger partial charge on any atom is -0.497 e. The third-order valence-electron chi connectivity index (χ3n) is 6.54. The number of rotatable bonds is 6. The molecule has 2 aromatic heterocycles. The maximum Gasteiger partial charge on any atom is 0.244 e. The summed E-state index contributed by atoms with van der Waals surface area (Å²) < 4.78 is 20.1. The maximum absolute atomic E-state index is 13.1. The van der Waals surface area contributed by atoms with Crippen molar-refractivity contribution in [1.82, 2.24) is 24.6 Å². The van der Waals surface area contributed by atoms with Crippen LogP contribution in [0.2, 0.25) is 0 Å². The monoisotopic (exact) mass is 473 g/mol. The summed E-state index contributed by atoms with van der Waals surface area (Å²) in [4.78, 5) is 21.8. The lowest BCUT2D eigenvalue weighted by molar-refractivity contribution is -0.133. The van der Waals surface area contributed by atoms with E-state index in [0.717, 1.165) is 53.2 Å². The number of pyridine rings is 1. The summed E-state index contributed by atoms with van der Waals surface area (Å²) in [5, 5.41) is 5.62. The number of benzene rings is 2. The van der Waals surface area contributed by atoms with Crippen LogP contribution in [0.25, 0.3) is 22.2 Å². The number of hydrogen-bond acceptors (Lipinski definition) is 5. The van der Waals surface area contributed by atoms with Crippen LogP contribution in [0.3, 0.4) is 0 Å². The predicted molar refractivity (Wildman–Crippen MR) is 133 cm³/mol. The minimum absolute atomic E-state index is 0.0347. The highest BCUT2D eigenvalue weighted by molar-refractivity contribution is 5.95. The fraction of sp³-hybridized carbons (Fsp3) is 0.296. The molecule has 0 radical (unpaired) electrons. The Labute approximate surface area is 203 Å². The van der Waals surface area contributed by atoms with Gasteiger partial charge < -0.3 is 9.64 Å². The van der Waals surface area contributed by atoms with E-state index in [2.05, 4.69) is 15.0 Å². The van der Waals surface area contributed by atoms with Crippen LogP contribution in [0.15, 0.2) is 60.8 Å². The molecule has 1 amide bonds. The lowest BCUT2D eigenvalue weighted by Gasteiger charge is -2.34. The number of methoxy groups -OCH3 is 1. The van der Waals surface area contributed by atoms with Crippen molar-refractivity contribution in [3.05, 3.63) is 77.9 Å². The molecule has 0 unspecified atom stereocenters. The van der Waals surface area contributed by atoms with Gasteiger partial charge in [-0.15, -0.1) is 0 Å². The van der Waals surface area contributed by atoms with Crippen molar-refractivity contribution in [3.63, 3.8) is 0 Å². The van der Waals surface area contributed by atoms with Crippen molar-refractivity contribution < 1.29 is 13.9 Å². The number of ether oxygens (including phenoxy) is 1. The standard InChI is InChI=1S/C27H28FN5O2/c1-19-26-24(21-5-9-23(35-2)10-6-21)11-12-29-27(26)33(30-19)18-25(34)32-15-13-31(14-16-32)17-20-3-7-22(28)8-4-20/h3-12H,13-18H2,1-2H3. The van der Waals surface area contributed by atoms with Crippen LogP contribution in [-0.2, 0) is 17.9 Å². The lowest BCUT2D eigenvalue weighted by atomic mass is 10.0. The molecule has 0 aliphatic carbocycles. The van der Waals surface area contributed by atoms with Gasteiger partial charge in [0.2, 0.25) is 5.91 Å². The van der Waals surface area contributed by atoms with Crippen molar-refractivity contribution >= 4 is 16.9 Å². The number of fused-ring (bicyclic) bond motifs is 1. The largest absolute Gasteiger partial charge is 0.497 e. The highest BCUT2D eigenvalue weighted by Crippen LogP contribution is 2.31. The molecule has 1 aliphatic heterocycles. The van der Waals surface area contributed by atoms with Gasteiger partial charge in [0.1, 0.15) is 18.1 Å². The molecule has 0 saturated carbocycles. The highest BCUT2D eigenvalue weighted by Gasteiger charge is 2.23. The SMILES string of the molecule is COc1ccc(-c2ccnc3c2c(C)nn3CC(=O)N2CCN(Cc3ccc(F)cc3)CC2)cc1. The van der Waals surface area contributed by atoms with E-state index in [1.54, 1.807) is 18.0 Å². The summed E-state index contributed by atoms with van der Waals surface area (Å²) in [6.45, 7) is 5.73. The van der Waals surface area contributed by atoms with E-state index in [4.69, 9.17) is 4.74 Å². The van der Waals surface area contributed by atoms with E-state index in [9.17, 15) is 9.18 Å². The summed E-state index contributed by atoms with van der Waals surface area (Å²) in [5.41, 5.74) is 4.70. The van der Waals surface area contributed by atoms with Gasteiger partial charge in [-0.1, -0.05) is 24.3 Å². The molecule has 0 N–H and O–H groups in total. The molecule has 35 heavy (non-hydrogen) atoms. The van der Waals surface area contributed by atoms with Gasteiger partial charge in [0.25, 0.3) is 0 Å². The molecule has 7 nitrogen and oxygen atoms in total. The number of carbonyl (C=O) groups is 1. The lowest BCUT2D eigenvalue weighted by Crippen LogP contribution is -2.49. The second-order valence-corrected chi connectivity index (χ2v) is 8.81. The topological polar surface area (TPSA) is 63.5 Å². The predicted octanol–water partition coefficient (Wildman–Crippen LogP) is 3.90. The zero-order valence-electron chi connectivity index (χ0n) is 19.9. The number of carbonyl (C=O) groups excluding carboxylic acids is 1. The third kappa shape index (κ3) is 4.88. The number of amides is 1. The van der Waals surface area contributed by atoms with Gasteiger partial charge in [-0.2, -0.15) is 5.10 Å². The Morgan fingerprint density at radius 2 is 1.71 bits per heavy atom. The van der Waals surface area contributed by atoms with Gasteiger partial charge >= 0.3 is 0 Å². The zero-order valence-corrected chi connectivity index (χ0v) is 19.9. The van der Waals surface area contributed by atoms with E-state index in [1.165, 1.54) is 12.1 Å². The second-order valence-electron chi connectivity index (χ2n) is 8.81. The average Bonchev–Trinajstić information content (AvgIpc) is 3.21. The minimum atomic E-state index is -0.226. The molecule has 1 aliphatic rings. The molecule has 3 heterocycles. The van der Waals surface area contributed by atoms with Crippen molar-refractivity contribution in [2.24, 2.45) is 0 Å². The Kier molecular flexibility index (Phi) is 6.46. The first kappa shape index (κ1) is 23.0. The van der Waals surface area contributed by atoms with Crippen LogP contribution in [0.4, 0.5) is 4.39 Å². The Morgan fingerprint density at radius 3 is 2.40 bits per heavy atom. The normalized spacial score (nSPS) is 14.4. The van der Waals surface area contributed by atoms with Crippen molar-refractivity contribution in [3.8, 4) is 16.9 Å². The fourth-order valence-corrected chi connectivity index (χ4v) is 4.63. The quantitative estimate of drug-likeness (QED) is 0.425. The first-order chi connectivity index (χ1) is 17.0. The number of aryl methyl sites for hydroxylation is 1. The van der Waals surface area contributed by atoms with Crippen LogP contribution in [0.5, 0.6) is 5.75 Å². The van der Waals surface area contributed by atoms with E-state index in [1.807, 2.05) is 54.3 Å².